The van der Waals surface area contributed by atoms with Crippen LogP contribution in [0.5, 0.6) is 11.5 Å². The quantitative estimate of drug-likeness (QED) is 0.721. The molecule has 0 radical (unpaired) electrons. The Morgan fingerprint density at radius 3 is 2.62 bits per heavy atom. The smallest absolute Gasteiger partial charge is 0.324 e. The van der Waals surface area contributed by atoms with Gasteiger partial charge in [-0.2, -0.15) is 0 Å². The Labute approximate surface area is 158 Å². The highest BCUT2D eigenvalue weighted by molar-refractivity contribution is 5.88. The molecule has 0 heterocycles. The third kappa shape index (κ3) is 3.26. The van der Waals surface area contributed by atoms with Crippen molar-refractivity contribution in [3.05, 3.63) is 71.8 Å². The highest BCUT2D eigenvalue weighted by Crippen LogP contribution is 2.34. The standard InChI is InChI=1S/C21H19NO3.ClH/c22-21(20(23)24)11-10-14-8-9-17(12-16(14)13-21)25-19-7-3-5-15-4-1-2-6-18(15)19;/h1-9,12H,10-11,13,22H2,(H,23,24);1H. The molecule has 0 aromatic heterocycles. The van der Waals surface area contributed by atoms with Crippen LogP contribution in [0.3, 0.4) is 0 Å². The minimum atomic E-state index is -1.19. The first-order valence-corrected chi connectivity index (χ1v) is 8.35. The molecule has 3 aromatic rings. The molecule has 134 valence electrons. The van der Waals surface area contributed by atoms with Gasteiger partial charge in [0.05, 0.1) is 0 Å². The Morgan fingerprint density at radius 2 is 1.81 bits per heavy atom. The van der Waals surface area contributed by atoms with E-state index in [9.17, 15) is 9.90 Å². The molecular weight excluding hydrogens is 350 g/mol. The summed E-state index contributed by atoms with van der Waals surface area (Å²) in [4.78, 5) is 11.5. The van der Waals surface area contributed by atoms with Gasteiger partial charge in [-0.15, -0.1) is 12.4 Å². The van der Waals surface area contributed by atoms with Gasteiger partial charge in [0.2, 0.25) is 0 Å². The minimum absolute atomic E-state index is 0. The van der Waals surface area contributed by atoms with Gasteiger partial charge < -0.3 is 15.6 Å². The number of ether oxygens (including phenoxy) is 1. The molecule has 0 fully saturated rings. The van der Waals surface area contributed by atoms with Gasteiger partial charge >= 0.3 is 5.97 Å². The molecule has 3 aromatic carbocycles. The lowest BCUT2D eigenvalue weighted by Gasteiger charge is -2.31. The van der Waals surface area contributed by atoms with Gasteiger partial charge in [-0.1, -0.05) is 42.5 Å². The topological polar surface area (TPSA) is 72.6 Å². The number of fused-ring (bicyclic) bond motifs is 2. The van der Waals surface area contributed by atoms with E-state index in [1.807, 2.05) is 60.7 Å². The van der Waals surface area contributed by atoms with Gasteiger partial charge in [-0.3, -0.25) is 4.79 Å². The molecule has 0 saturated heterocycles. The first kappa shape index (κ1) is 18.2. The van der Waals surface area contributed by atoms with Gasteiger partial charge in [-0.05, 0) is 47.6 Å². The van der Waals surface area contributed by atoms with Gasteiger partial charge in [0.1, 0.15) is 17.0 Å². The molecule has 26 heavy (non-hydrogen) atoms. The van der Waals surface area contributed by atoms with Crippen LogP contribution < -0.4 is 10.5 Å². The summed E-state index contributed by atoms with van der Waals surface area (Å²) < 4.78 is 6.10. The summed E-state index contributed by atoms with van der Waals surface area (Å²) in [5.41, 5.74) is 6.96. The minimum Gasteiger partial charge on any atom is -0.480 e. The van der Waals surface area contributed by atoms with E-state index in [0.717, 1.165) is 27.6 Å². The van der Waals surface area contributed by atoms with E-state index >= 15 is 0 Å². The maximum Gasteiger partial charge on any atom is 0.324 e. The van der Waals surface area contributed by atoms with E-state index in [-0.39, 0.29) is 12.4 Å². The average molecular weight is 370 g/mol. The molecule has 1 aliphatic carbocycles. The fourth-order valence-electron chi connectivity index (χ4n) is 3.45. The van der Waals surface area contributed by atoms with Crippen molar-refractivity contribution >= 4 is 29.1 Å². The van der Waals surface area contributed by atoms with Crippen molar-refractivity contribution in [2.24, 2.45) is 5.73 Å². The van der Waals surface area contributed by atoms with E-state index in [0.29, 0.717) is 25.0 Å². The van der Waals surface area contributed by atoms with Crippen LogP contribution in [-0.2, 0) is 17.6 Å². The lowest BCUT2D eigenvalue weighted by atomic mass is 9.78. The van der Waals surface area contributed by atoms with Crippen molar-refractivity contribution in [1.82, 2.24) is 0 Å². The zero-order valence-electron chi connectivity index (χ0n) is 14.1. The summed E-state index contributed by atoms with van der Waals surface area (Å²) in [5, 5.41) is 11.5. The highest BCUT2D eigenvalue weighted by atomic mass is 35.5. The Hall–Kier alpha value is -2.56. The van der Waals surface area contributed by atoms with Gasteiger partial charge in [0, 0.05) is 11.8 Å². The van der Waals surface area contributed by atoms with Crippen LogP contribution in [0.25, 0.3) is 10.8 Å². The molecule has 0 bridgehead atoms. The number of hydrogen-bond donors (Lipinski definition) is 2. The van der Waals surface area contributed by atoms with Crippen LogP contribution in [0, 0.1) is 0 Å². The summed E-state index contributed by atoms with van der Waals surface area (Å²) >= 11 is 0. The Bertz CT molecular complexity index is 967. The summed E-state index contributed by atoms with van der Waals surface area (Å²) in [6.45, 7) is 0. The van der Waals surface area contributed by atoms with Crippen molar-refractivity contribution < 1.29 is 14.6 Å². The number of aryl methyl sites for hydroxylation is 1. The molecule has 5 heteroatoms. The highest BCUT2D eigenvalue weighted by Gasteiger charge is 2.37. The predicted octanol–water partition coefficient (Wildman–Crippen LogP) is 4.32. The van der Waals surface area contributed by atoms with Crippen LogP contribution in [0.4, 0.5) is 0 Å². The molecule has 0 saturated carbocycles. The molecule has 3 N–H and O–H groups in total. The number of hydrogen-bond acceptors (Lipinski definition) is 3. The number of halogens is 1. The molecule has 1 unspecified atom stereocenters. The summed E-state index contributed by atoms with van der Waals surface area (Å²) in [6, 6.07) is 19.9. The normalized spacial score (nSPS) is 18.7. The summed E-state index contributed by atoms with van der Waals surface area (Å²) in [6.07, 6.45) is 1.45. The zero-order chi connectivity index (χ0) is 17.4. The average Bonchev–Trinajstić information content (AvgIpc) is 2.61. The number of rotatable bonds is 3. The molecule has 0 spiro atoms. The molecule has 4 rings (SSSR count). The second kappa shape index (κ2) is 6.98. The molecule has 0 amide bonds. The lowest BCUT2D eigenvalue weighted by molar-refractivity contribution is -0.143. The first-order valence-electron chi connectivity index (χ1n) is 8.35. The number of aliphatic carboxylic acids is 1. The van der Waals surface area contributed by atoms with E-state index in [2.05, 4.69) is 0 Å². The monoisotopic (exact) mass is 369 g/mol. The van der Waals surface area contributed by atoms with Crippen LogP contribution in [0.2, 0.25) is 0 Å². The lowest BCUT2D eigenvalue weighted by Crippen LogP contribution is -2.52. The zero-order valence-corrected chi connectivity index (χ0v) is 15.0. The molecule has 1 aliphatic rings. The van der Waals surface area contributed by atoms with Crippen LogP contribution in [0.1, 0.15) is 17.5 Å². The summed E-state index contributed by atoms with van der Waals surface area (Å²) in [7, 11) is 0. The number of carboxylic acids is 1. The molecule has 1 atom stereocenters. The van der Waals surface area contributed by atoms with Crippen molar-refractivity contribution in [2.75, 3.05) is 0 Å². The fourth-order valence-corrected chi connectivity index (χ4v) is 3.45. The maximum absolute atomic E-state index is 11.5. The van der Waals surface area contributed by atoms with Crippen molar-refractivity contribution in [1.29, 1.82) is 0 Å². The van der Waals surface area contributed by atoms with E-state index in [1.165, 1.54) is 0 Å². The Kier molecular flexibility index (Phi) is 4.90. The van der Waals surface area contributed by atoms with Crippen molar-refractivity contribution in [2.45, 2.75) is 24.8 Å². The third-order valence-electron chi connectivity index (χ3n) is 4.93. The molecular formula is C21H20ClNO3. The first-order chi connectivity index (χ1) is 12.0. The largest absolute Gasteiger partial charge is 0.480 e. The third-order valence-corrected chi connectivity index (χ3v) is 4.93. The molecule has 4 nitrogen and oxygen atoms in total. The van der Waals surface area contributed by atoms with Gasteiger partial charge in [0.25, 0.3) is 0 Å². The van der Waals surface area contributed by atoms with Gasteiger partial charge in [0.15, 0.2) is 0 Å². The summed E-state index contributed by atoms with van der Waals surface area (Å²) in [5.74, 6) is 0.536. The van der Waals surface area contributed by atoms with E-state index in [1.54, 1.807) is 0 Å². The number of nitrogens with two attached hydrogens (primary N) is 1. The van der Waals surface area contributed by atoms with Crippen LogP contribution in [0.15, 0.2) is 60.7 Å². The van der Waals surface area contributed by atoms with Crippen molar-refractivity contribution in [3.63, 3.8) is 0 Å². The second-order valence-corrected chi connectivity index (χ2v) is 6.65. The van der Waals surface area contributed by atoms with Crippen molar-refractivity contribution in [3.8, 4) is 11.5 Å². The van der Waals surface area contributed by atoms with E-state index < -0.39 is 11.5 Å². The Morgan fingerprint density at radius 1 is 1.04 bits per heavy atom. The van der Waals surface area contributed by atoms with Gasteiger partial charge in [-0.25, -0.2) is 0 Å². The fraction of sp³-hybridized carbons (Fsp3) is 0.190. The van der Waals surface area contributed by atoms with Crippen LogP contribution >= 0.6 is 12.4 Å². The number of carboxylic acid groups (broad SMARTS) is 1. The molecule has 0 aliphatic heterocycles. The number of benzene rings is 3. The van der Waals surface area contributed by atoms with E-state index in [4.69, 9.17) is 10.5 Å². The van der Waals surface area contributed by atoms with Crippen LogP contribution in [-0.4, -0.2) is 16.6 Å². The Balaban J connectivity index is 0.00000196. The SMILES string of the molecule is Cl.NC1(C(=O)O)CCc2ccc(Oc3cccc4ccccc34)cc2C1. The number of carbonyl (C=O) groups is 1. The second-order valence-electron chi connectivity index (χ2n) is 6.65. The maximum atomic E-state index is 11.5. The predicted molar refractivity (Wildman–Crippen MR) is 104 cm³/mol.